The van der Waals surface area contributed by atoms with Crippen molar-refractivity contribution in [3.8, 4) is 5.75 Å². The summed E-state index contributed by atoms with van der Waals surface area (Å²) in [7, 11) is 0. The second-order valence-electron chi connectivity index (χ2n) is 5.20. The predicted octanol–water partition coefficient (Wildman–Crippen LogP) is 2.64. The third-order valence-corrected chi connectivity index (χ3v) is 3.54. The smallest absolute Gasteiger partial charge is 0.308 e. The number of carbonyl (C=O) groups excluding carboxylic acids is 2. The highest BCUT2D eigenvalue weighted by molar-refractivity contribution is 7.84. The van der Waals surface area contributed by atoms with Crippen LogP contribution in [-0.4, -0.2) is 30.8 Å². The molecule has 6 nitrogen and oxygen atoms in total. The number of nitrogens with zero attached hydrogens (tertiary/aromatic N) is 1. The first kappa shape index (κ1) is 21.2. The Balaban J connectivity index is 2.50. The Kier molecular flexibility index (Phi) is 8.94. The van der Waals surface area contributed by atoms with Crippen molar-refractivity contribution in [2.24, 2.45) is 10.7 Å². The summed E-state index contributed by atoms with van der Waals surface area (Å²) < 4.78 is 4.91. The lowest BCUT2D eigenvalue weighted by molar-refractivity contribution is -0.131. The van der Waals surface area contributed by atoms with E-state index < -0.39 is 5.97 Å². The van der Waals surface area contributed by atoms with Gasteiger partial charge in [-0.1, -0.05) is 18.7 Å². The van der Waals surface area contributed by atoms with Gasteiger partial charge in [-0.25, -0.2) is 0 Å². The Morgan fingerprint density at radius 1 is 1.35 bits per heavy atom. The molecular weight excluding hydrogens is 350 g/mol. The molecule has 0 radical (unpaired) electrons. The Hall–Kier alpha value is -2.80. The molecule has 0 heterocycles. The first-order valence-electron chi connectivity index (χ1n) is 7.93. The largest absolute Gasteiger partial charge is 0.427 e. The number of hydrogen-bond acceptors (Lipinski definition) is 5. The molecule has 0 spiro atoms. The third-order valence-electron chi connectivity index (χ3n) is 3.12. The number of amidine groups is 1. The van der Waals surface area contributed by atoms with Crippen LogP contribution in [0.2, 0.25) is 0 Å². The van der Waals surface area contributed by atoms with Crippen LogP contribution >= 0.6 is 12.6 Å². The van der Waals surface area contributed by atoms with Gasteiger partial charge in [-0.15, -0.1) is 12.6 Å². The van der Waals surface area contributed by atoms with Gasteiger partial charge < -0.3 is 15.8 Å². The Bertz CT molecular complexity index is 750. The maximum Gasteiger partial charge on any atom is 0.308 e. The lowest BCUT2D eigenvalue weighted by Crippen LogP contribution is -2.27. The highest BCUT2D eigenvalue weighted by Crippen LogP contribution is 2.13. The van der Waals surface area contributed by atoms with E-state index in [4.69, 9.17) is 10.5 Å². The maximum atomic E-state index is 12.0. The van der Waals surface area contributed by atoms with Crippen molar-refractivity contribution in [1.29, 1.82) is 0 Å². The molecule has 0 unspecified atom stereocenters. The van der Waals surface area contributed by atoms with Gasteiger partial charge in [0.15, 0.2) is 0 Å². The molecule has 0 aliphatic heterocycles. The van der Waals surface area contributed by atoms with E-state index in [-0.39, 0.29) is 11.7 Å². The molecule has 1 aromatic rings. The highest BCUT2D eigenvalue weighted by atomic mass is 32.1. The van der Waals surface area contributed by atoms with Crippen LogP contribution in [0.1, 0.15) is 24.2 Å². The average Bonchev–Trinajstić information content (AvgIpc) is 2.62. The van der Waals surface area contributed by atoms with Crippen LogP contribution in [-0.2, 0) is 4.79 Å². The van der Waals surface area contributed by atoms with E-state index in [1.807, 2.05) is 19.1 Å². The molecule has 3 N–H and O–H groups in total. The van der Waals surface area contributed by atoms with Crippen LogP contribution in [0.25, 0.3) is 0 Å². The number of allylic oxidation sites excluding steroid dienone is 3. The molecule has 0 aromatic heterocycles. The molecule has 1 rings (SSSR count). The molecule has 0 fully saturated rings. The molecule has 0 saturated carbocycles. The van der Waals surface area contributed by atoms with E-state index in [2.05, 4.69) is 29.5 Å². The molecule has 0 bridgehead atoms. The molecule has 26 heavy (non-hydrogen) atoms. The standard InChI is InChI=1S/C19H23N3O3S/c1-4-5-6-17(26)13(2)18(20)21-11-12-22-19(24)15-7-9-16(10-8-15)25-14(3)23/h4-10,26H,2,11-12H2,1,3H3,(H2,20,21)(H,22,24)/b5-4-,17-6+. The number of benzene rings is 1. The van der Waals surface area contributed by atoms with Gasteiger partial charge in [0, 0.05) is 29.5 Å². The zero-order valence-corrected chi connectivity index (χ0v) is 15.8. The summed E-state index contributed by atoms with van der Waals surface area (Å²) in [5.74, 6) is -0.00629. The van der Waals surface area contributed by atoms with Crippen molar-refractivity contribution in [1.82, 2.24) is 5.32 Å². The number of carbonyl (C=O) groups is 2. The van der Waals surface area contributed by atoms with Crippen molar-refractivity contribution in [2.75, 3.05) is 13.1 Å². The van der Waals surface area contributed by atoms with E-state index in [0.717, 1.165) is 0 Å². The first-order valence-corrected chi connectivity index (χ1v) is 8.38. The van der Waals surface area contributed by atoms with Crippen molar-refractivity contribution in [2.45, 2.75) is 13.8 Å². The number of esters is 1. The van der Waals surface area contributed by atoms with Crippen molar-refractivity contribution in [3.05, 3.63) is 65.1 Å². The molecule has 0 aliphatic rings. The Morgan fingerprint density at radius 2 is 2.00 bits per heavy atom. The molecule has 0 saturated heterocycles. The van der Waals surface area contributed by atoms with Crippen LogP contribution in [0.15, 0.2) is 64.5 Å². The van der Waals surface area contributed by atoms with Crippen LogP contribution < -0.4 is 15.8 Å². The Morgan fingerprint density at radius 3 is 2.58 bits per heavy atom. The van der Waals surface area contributed by atoms with Gasteiger partial charge >= 0.3 is 5.97 Å². The van der Waals surface area contributed by atoms with E-state index in [9.17, 15) is 9.59 Å². The van der Waals surface area contributed by atoms with Gasteiger partial charge in [0.05, 0.1) is 6.54 Å². The number of rotatable bonds is 8. The topological polar surface area (TPSA) is 93.8 Å². The van der Waals surface area contributed by atoms with Gasteiger partial charge in [-0.05, 0) is 37.3 Å². The van der Waals surface area contributed by atoms with Crippen LogP contribution in [0, 0.1) is 0 Å². The summed E-state index contributed by atoms with van der Waals surface area (Å²) in [6.45, 7) is 7.68. The SMILES string of the molecule is C=C(C(N)=NCCNC(=O)c1ccc(OC(C)=O)cc1)/C(S)=C\C=C/C. The average molecular weight is 373 g/mol. The Labute approximate surface area is 158 Å². The van der Waals surface area contributed by atoms with Gasteiger partial charge in [-0.2, -0.15) is 0 Å². The van der Waals surface area contributed by atoms with Gasteiger partial charge in [-0.3, -0.25) is 14.6 Å². The van der Waals surface area contributed by atoms with E-state index in [0.29, 0.717) is 34.9 Å². The lowest BCUT2D eigenvalue weighted by Gasteiger charge is -2.07. The molecule has 0 atom stereocenters. The number of thiol groups is 1. The summed E-state index contributed by atoms with van der Waals surface area (Å²) in [4.78, 5) is 27.7. The molecule has 0 aliphatic carbocycles. The van der Waals surface area contributed by atoms with Crippen molar-refractivity contribution < 1.29 is 14.3 Å². The summed E-state index contributed by atoms with van der Waals surface area (Å²) >= 11 is 4.30. The second kappa shape index (κ2) is 10.9. The second-order valence-corrected chi connectivity index (χ2v) is 5.68. The zero-order valence-electron chi connectivity index (χ0n) is 14.9. The van der Waals surface area contributed by atoms with Crippen LogP contribution in [0.3, 0.4) is 0 Å². The van der Waals surface area contributed by atoms with Gasteiger partial charge in [0.25, 0.3) is 5.91 Å². The fourth-order valence-corrected chi connectivity index (χ4v) is 2.00. The minimum absolute atomic E-state index is 0.255. The fourth-order valence-electron chi connectivity index (χ4n) is 1.80. The fraction of sp³-hybridized carbons (Fsp3) is 0.211. The van der Waals surface area contributed by atoms with E-state index in [1.54, 1.807) is 30.3 Å². The van der Waals surface area contributed by atoms with E-state index in [1.165, 1.54) is 6.92 Å². The number of nitrogens with two attached hydrogens (primary N) is 1. The van der Waals surface area contributed by atoms with Crippen molar-refractivity contribution >= 4 is 30.3 Å². The van der Waals surface area contributed by atoms with Gasteiger partial charge in [0.2, 0.25) is 0 Å². The highest BCUT2D eigenvalue weighted by Gasteiger charge is 2.06. The molecule has 138 valence electrons. The monoisotopic (exact) mass is 373 g/mol. The number of amides is 1. The molecule has 1 aromatic carbocycles. The lowest BCUT2D eigenvalue weighted by atomic mass is 10.2. The number of hydrogen-bond donors (Lipinski definition) is 3. The maximum absolute atomic E-state index is 12.0. The van der Waals surface area contributed by atoms with E-state index >= 15 is 0 Å². The van der Waals surface area contributed by atoms with Gasteiger partial charge in [0.1, 0.15) is 11.6 Å². The van der Waals surface area contributed by atoms with Crippen LogP contribution in [0.4, 0.5) is 0 Å². The first-order chi connectivity index (χ1) is 12.3. The predicted molar refractivity (Wildman–Crippen MR) is 108 cm³/mol. The zero-order chi connectivity index (χ0) is 19.5. The molecule has 7 heteroatoms. The number of ether oxygens (including phenoxy) is 1. The molecule has 1 amide bonds. The van der Waals surface area contributed by atoms with Crippen molar-refractivity contribution in [3.63, 3.8) is 0 Å². The summed E-state index contributed by atoms with van der Waals surface area (Å²) in [5, 5.41) is 2.73. The normalized spacial score (nSPS) is 12.1. The quantitative estimate of drug-likeness (QED) is 0.124. The minimum Gasteiger partial charge on any atom is -0.427 e. The summed E-state index contributed by atoms with van der Waals surface area (Å²) in [5.41, 5.74) is 6.84. The number of aliphatic imine (C=N–C) groups is 1. The minimum atomic E-state index is -0.413. The molecular formula is C19H23N3O3S. The van der Waals surface area contributed by atoms with Crippen LogP contribution in [0.5, 0.6) is 5.75 Å². The summed E-state index contributed by atoms with van der Waals surface area (Å²) in [6, 6.07) is 6.27. The number of nitrogens with one attached hydrogen (secondary N) is 1. The summed E-state index contributed by atoms with van der Waals surface area (Å²) in [6.07, 6.45) is 5.47. The third kappa shape index (κ3) is 7.40.